The zero-order valence-electron chi connectivity index (χ0n) is 12.3. The van der Waals surface area contributed by atoms with Crippen LogP contribution in [0.4, 0.5) is 0 Å². The number of nitrogens with one attached hydrogen (secondary N) is 1. The molecule has 0 aromatic heterocycles. The van der Waals surface area contributed by atoms with Crippen LogP contribution in [0.3, 0.4) is 0 Å². The average molecular weight is 345 g/mol. The fourth-order valence-corrected chi connectivity index (χ4v) is 2.81. The van der Waals surface area contributed by atoms with Crippen LogP contribution in [0.1, 0.15) is 19.3 Å². The van der Waals surface area contributed by atoms with Crippen molar-refractivity contribution >= 4 is 35.0 Å². The molecule has 7 heteroatoms. The number of likely N-dealkylation sites (tertiary alicyclic amines) is 1. The minimum Gasteiger partial charge on any atom is -0.493 e. The third-order valence-corrected chi connectivity index (χ3v) is 3.86. The van der Waals surface area contributed by atoms with Gasteiger partial charge < -0.3 is 15.0 Å². The Morgan fingerprint density at radius 3 is 2.68 bits per heavy atom. The number of likely N-dealkylation sites (N-methyl/N-ethyl adjacent to an activating group) is 1. The van der Waals surface area contributed by atoms with E-state index < -0.39 is 0 Å². The molecule has 1 fully saturated rings. The summed E-state index contributed by atoms with van der Waals surface area (Å²) < 4.78 is 5.47. The van der Waals surface area contributed by atoms with E-state index in [1.54, 1.807) is 30.1 Å². The Kier molecular flexibility index (Phi) is 5.91. The number of hydrogen-bond donors (Lipinski definition) is 1. The molecule has 5 nitrogen and oxygen atoms in total. The smallest absolute Gasteiger partial charge is 0.223 e. The zero-order chi connectivity index (χ0) is 16.1. The van der Waals surface area contributed by atoms with E-state index >= 15 is 0 Å². The highest BCUT2D eigenvalue weighted by Crippen LogP contribution is 2.24. The summed E-state index contributed by atoms with van der Waals surface area (Å²) in [6.07, 6.45) is 1.39. The normalized spacial score (nSPS) is 18.2. The Hall–Kier alpha value is -1.46. The van der Waals surface area contributed by atoms with Gasteiger partial charge in [-0.3, -0.25) is 9.59 Å². The monoisotopic (exact) mass is 344 g/mol. The van der Waals surface area contributed by atoms with Gasteiger partial charge >= 0.3 is 0 Å². The van der Waals surface area contributed by atoms with Crippen LogP contribution in [-0.2, 0) is 9.59 Å². The van der Waals surface area contributed by atoms with Crippen LogP contribution in [0.15, 0.2) is 18.2 Å². The third-order valence-electron chi connectivity index (χ3n) is 3.43. The molecule has 0 radical (unpaired) electrons. The summed E-state index contributed by atoms with van der Waals surface area (Å²) in [4.78, 5) is 24.9. The van der Waals surface area contributed by atoms with Gasteiger partial charge in [-0.25, -0.2) is 0 Å². The number of carbonyl (C=O) groups is 2. The van der Waals surface area contributed by atoms with E-state index in [0.717, 1.165) is 0 Å². The topological polar surface area (TPSA) is 58.6 Å². The second-order valence-electron chi connectivity index (χ2n) is 5.28. The number of carbonyl (C=O) groups excluding carboxylic acids is 2. The van der Waals surface area contributed by atoms with Crippen LogP contribution in [0.5, 0.6) is 5.75 Å². The van der Waals surface area contributed by atoms with Crippen LogP contribution in [0.2, 0.25) is 10.0 Å². The molecule has 0 unspecified atom stereocenters. The summed E-state index contributed by atoms with van der Waals surface area (Å²) in [7, 11) is 1.74. The van der Waals surface area contributed by atoms with Gasteiger partial charge in [0.05, 0.1) is 13.0 Å². The Morgan fingerprint density at radius 1 is 1.36 bits per heavy atom. The lowest BCUT2D eigenvalue weighted by Crippen LogP contribution is -2.48. The van der Waals surface area contributed by atoms with Crippen molar-refractivity contribution in [1.29, 1.82) is 0 Å². The van der Waals surface area contributed by atoms with Crippen molar-refractivity contribution in [1.82, 2.24) is 10.2 Å². The third kappa shape index (κ3) is 5.07. The lowest BCUT2D eigenvalue weighted by Gasteiger charge is -2.30. The quantitative estimate of drug-likeness (QED) is 0.892. The van der Waals surface area contributed by atoms with E-state index in [1.807, 2.05) is 0 Å². The molecule has 120 valence electrons. The first kappa shape index (κ1) is 16.9. The summed E-state index contributed by atoms with van der Waals surface area (Å²) in [5, 5.41) is 3.89. The van der Waals surface area contributed by atoms with Crippen LogP contribution < -0.4 is 10.1 Å². The van der Waals surface area contributed by atoms with Crippen molar-refractivity contribution in [2.45, 2.75) is 25.3 Å². The van der Waals surface area contributed by atoms with Gasteiger partial charge in [-0.1, -0.05) is 23.2 Å². The molecule has 1 aliphatic heterocycles. The number of nitrogens with zero attached hydrogens (tertiary/aromatic N) is 1. The Balaban J connectivity index is 1.73. The van der Waals surface area contributed by atoms with Crippen molar-refractivity contribution in [2.24, 2.45) is 0 Å². The van der Waals surface area contributed by atoms with Gasteiger partial charge in [-0.05, 0) is 24.6 Å². The number of hydrogen-bond acceptors (Lipinski definition) is 3. The number of ether oxygens (including phenoxy) is 1. The largest absolute Gasteiger partial charge is 0.493 e. The number of piperidine rings is 1. The van der Waals surface area contributed by atoms with Crippen molar-refractivity contribution in [2.75, 3.05) is 20.2 Å². The Bertz CT molecular complexity index is 545. The summed E-state index contributed by atoms with van der Waals surface area (Å²) in [6.45, 7) is 0.791. The van der Waals surface area contributed by atoms with Crippen molar-refractivity contribution in [3.63, 3.8) is 0 Å². The second kappa shape index (κ2) is 7.70. The molecule has 1 atom stereocenters. The molecule has 1 aliphatic rings. The first-order valence-corrected chi connectivity index (χ1v) is 7.82. The molecule has 1 aromatic rings. The molecule has 1 heterocycles. The van der Waals surface area contributed by atoms with Crippen molar-refractivity contribution in [3.8, 4) is 5.75 Å². The molecule has 2 amide bonds. The molecule has 1 saturated heterocycles. The SMILES string of the molecule is CN1C[C@H](NC(=O)CCOc2cc(Cl)cc(Cl)c2)CCC1=O. The van der Waals surface area contributed by atoms with E-state index in [4.69, 9.17) is 27.9 Å². The first-order chi connectivity index (χ1) is 10.4. The van der Waals surface area contributed by atoms with E-state index in [9.17, 15) is 9.59 Å². The maximum absolute atomic E-state index is 11.9. The molecular weight excluding hydrogens is 327 g/mol. The van der Waals surface area contributed by atoms with Gasteiger partial charge in [-0.2, -0.15) is 0 Å². The van der Waals surface area contributed by atoms with Crippen LogP contribution in [-0.4, -0.2) is 43.0 Å². The molecule has 1 aromatic carbocycles. The number of rotatable bonds is 5. The van der Waals surface area contributed by atoms with E-state index in [2.05, 4.69) is 5.32 Å². The highest BCUT2D eigenvalue weighted by atomic mass is 35.5. The van der Waals surface area contributed by atoms with Gasteiger partial charge in [0.2, 0.25) is 11.8 Å². The van der Waals surface area contributed by atoms with Gasteiger partial charge in [-0.15, -0.1) is 0 Å². The molecule has 1 N–H and O–H groups in total. The lowest BCUT2D eigenvalue weighted by molar-refractivity contribution is -0.134. The van der Waals surface area contributed by atoms with Crippen LogP contribution in [0.25, 0.3) is 0 Å². The van der Waals surface area contributed by atoms with Gasteiger partial charge in [0.15, 0.2) is 0 Å². The zero-order valence-corrected chi connectivity index (χ0v) is 13.8. The molecular formula is C15H18Cl2N2O3. The summed E-state index contributed by atoms with van der Waals surface area (Å²) in [5.41, 5.74) is 0. The first-order valence-electron chi connectivity index (χ1n) is 7.06. The average Bonchev–Trinajstić information content (AvgIpc) is 2.42. The maximum Gasteiger partial charge on any atom is 0.223 e. The molecule has 2 rings (SSSR count). The van der Waals surface area contributed by atoms with Gasteiger partial charge in [0.25, 0.3) is 0 Å². The number of benzene rings is 1. The van der Waals surface area contributed by atoms with E-state index in [-0.39, 0.29) is 30.9 Å². The minimum atomic E-state index is -0.0964. The molecule has 22 heavy (non-hydrogen) atoms. The van der Waals surface area contributed by atoms with Gasteiger partial charge in [0, 0.05) is 36.1 Å². The standard InChI is InChI=1S/C15H18Cl2N2O3/c1-19-9-12(2-3-15(19)21)18-14(20)4-5-22-13-7-10(16)6-11(17)8-13/h6-8,12H,2-5,9H2,1H3,(H,18,20)/t12-/m1/s1. The van der Waals surface area contributed by atoms with E-state index in [1.165, 1.54) is 0 Å². The fraction of sp³-hybridized carbons (Fsp3) is 0.467. The summed E-state index contributed by atoms with van der Waals surface area (Å²) in [6, 6.07) is 4.92. The second-order valence-corrected chi connectivity index (χ2v) is 6.15. The Labute approximate surface area is 139 Å². The fourth-order valence-electron chi connectivity index (χ4n) is 2.30. The predicted molar refractivity (Wildman–Crippen MR) is 85.4 cm³/mol. The predicted octanol–water partition coefficient (Wildman–Crippen LogP) is 2.50. The summed E-state index contributed by atoms with van der Waals surface area (Å²) >= 11 is 11.7. The number of amides is 2. The summed E-state index contributed by atoms with van der Waals surface area (Å²) in [5.74, 6) is 0.556. The minimum absolute atomic E-state index is 0.0100. The van der Waals surface area contributed by atoms with Crippen LogP contribution >= 0.6 is 23.2 Å². The van der Waals surface area contributed by atoms with E-state index in [0.29, 0.717) is 35.2 Å². The highest BCUT2D eigenvalue weighted by molar-refractivity contribution is 6.34. The number of halogens is 2. The van der Waals surface area contributed by atoms with Crippen molar-refractivity contribution in [3.05, 3.63) is 28.2 Å². The van der Waals surface area contributed by atoms with Crippen molar-refractivity contribution < 1.29 is 14.3 Å². The van der Waals surface area contributed by atoms with Gasteiger partial charge in [0.1, 0.15) is 5.75 Å². The van der Waals surface area contributed by atoms with Crippen LogP contribution in [0, 0.1) is 0 Å². The molecule has 0 aliphatic carbocycles. The lowest BCUT2D eigenvalue weighted by atomic mass is 10.1. The molecule has 0 spiro atoms. The Morgan fingerprint density at radius 2 is 2.05 bits per heavy atom. The molecule has 0 saturated carbocycles. The highest BCUT2D eigenvalue weighted by Gasteiger charge is 2.23. The molecule has 0 bridgehead atoms. The maximum atomic E-state index is 11.9.